The van der Waals surface area contributed by atoms with Crippen molar-refractivity contribution >= 4 is 35.3 Å². The lowest BCUT2D eigenvalue weighted by molar-refractivity contribution is -0.123. The van der Waals surface area contributed by atoms with Crippen molar-refractivity contribution in [3.63, 3.8) is 0 Å². The predicted molar refractivity (Wildman–Crippen MR) is 111 cm³/mol. The van der Waals surface area contributed by atoms with Crippen LogP contribution in [-0.2, 0) is 11.3 Å². The quantitative estimate of drug-likeness (QED) is 0.594. The summed E-state index contributed by atoms with van der Waals surface area (Å²) in [6.07, 6.45) is 3.65. The van der Waals surface area contributed by atoms with E-state index >= 15 is 0 Å². The first kappa shape index (κ1) is 19.5. The van der Waals surface area contributed by atoms with E-state index in [4.69, 9.17) is 11.6 Å². The molecule has 0 atom stereocenters. The molecule has 29 heavy (non-hydrogen) atoms. The van der Waals surface area contributed by atoms with Gasteiger partial charge in [0.1, 0.15) is 11.5 Å². The highest BCUT2D eigenvalue weighted by Crippen LogP contribution is 2.28. The van der Waals surface area contributed by atoms with Gasteiger partial charge in [0.05, 0.1) is 12.2 Å². The first-order valence-electron chi connectivity index (χ1n) is 9.57. The molecule has 150 valence electrons. The van der Waals surface area contributed by atoms with E-state index in [9.17, 15) is 14.0 Å². The number of urea groups is 1. The molecule has 0 spiro atoms. The lowest BCUT2D eigenvalue weighted by atomic mass is 10.1. The van der Waals surface area contributed by atoms with Crippen LogP contribution in [-0.4, -0.2) is 29.9 Å². The molecule has 2 aromatic carbocycles. The van der Waals surface area contributed by atoms with Crippen LogP contribution in [0.25, 0.3) is 6.08 Å². The summed E-state index contributed by atoms with van der Waals surface area (Å²) in [6, 6.07) is 9.76. The van der Waals surface area contributed by atoms with E-state index in [1.807, 2.05) is 11.8 Å². The Kier molecular flexibility index (Phi) is 5.28. The molecule has 2 aliphatic heterocycles. The van der Waals surface area contributed by atoms with Crippen LogP contribution in [0.5, 0.6) is 0 Å². The van der Waals surface area contributed by atoms with Crippen LogP contribution in [0.4, 0.5) is 14.9 Å². The highest BCUT2D eigenvalue weighted by Gasteiger charge is 2.34. The number of benzene rings is 2. The SMILES string of the molecule is Cc1cc(N2CCCC2)c(F)cc1C=C1NC(=O)N(Cc2ccccc2Cl)C1=O. The fraction of sp³-hybridized carbons (Fsp3) is 0.273. The Balaban J connectivity index is 1.58. The topological polar surface area (TPSA) is 52.7 Å². The van der Waals surface area contributed by atoms with Gasteiger partial charge in [0.15, 0.2) is 0 Å². The number of anilines is 1. The molecule has 0 bridgehead atoms. The molecule has 0 saturated carbocycles. The minimum Gasteiger partial charge on any atom is -0.369 e. The van der Waals surface area contributed by atoms with Gasteiger partial charge >= 0.3 is 6.03 Å². The first-order valence-corrected chi connectivity index (χ1v) is 9.95. The fourth-order valence-electron chi connectivity index (χ4n) is 3.71. The van der Waals surface area contributed by atoms with E-state index in [1.165, 1.54) is 12.1 Å². The molecule has 3 amide bonds. The second-order valence-electron chi connectivity index (χ2n) is 7.33. The van der Waals surface area contributed by atoms with Gasteiger partial charge in [-0.1, -0.05) is 29.8 Å². The van der Waals surface area contributed by atoms with Gasteiger partial charge in [0.2, 0.25) is 0 Å². The van der Waals surface area contributed by atoms with Gasteiger partial charge < -0.3 is 10.2 Å². The van der Waals surface area contributed by atoms with Crippen LogP contribution >= 0.6 is 11.6 Å². The zero-order valence-corrected chi connectivity index (χ0v) is 16.8. The second kappa shape index (κ2) is 7.87. The summed E-state index contributed by atoms with van der Waals surface area (Å²) in [7, 11) is 0. The average molecular weight is 414 g/mol. The Hall–Kier alpha value is -2.86. The van der Waals surface area contributed by atoms with Crippen molar-refractivity contribution in [3.05, 3.63) is 69.6 Å². The average Bonchev–Trinajstić information content (AvgIpc) is 3.31. The van der Waals surface area contributed by atoms with Gasteiger partial charge in [-0.15, -0.1) is 0 Å². The van der Waals surface area contributed by atoms with Crippen molar-refractivity contribution in [3.8, 4) is 0 Å². The number of carbonyl (C=O) groups excluding carboxylic acids is 2. The Morgan fingerprint density at radius 3 is 2.62 bits per heavy atom. The van der Waals surface area contributed by atoms with Gasteiger partial charge in [-0.05, 0) is 60.7 Å². The number of nitrogens with one attached hydrogen (secondary N) is 1. The molecule has 2 fully saturated rings. The summed E-state index contributed by atoms with van der Waals surface area (Å²) >= 11 is 6.14. The number of halogens is 2. The highest BCUT2D eigenvalue weighted by molar-refractivity contribution is 6.31. The molecule has 0 unspecified atom stereocenters. The molecular weight excluding hydrogens is 393 g/mol. The molecule has 2 aliphatic rings. The van der Waals surface area contributed by atoms with Gasteiger partial charge in [-0.3, -0.25) is 9.69 Å². The van der Waals surface area contributed by atoms with Crippen molar-refractivity contribution in [1.82, 2.24) is 10.2 Å². The number of hydrogen-bond acceptors (Lipinski definition) is 3. The lowest BCUT2D eigenvalue weighted by Crippen LogP contribution is -2.30. The van der Waals surface area contributed by atoms with E-state index in [0.29, 0.717) is 21.8 Å². The molecule has 0 radical (unpaired) electrons. The number of nitrogens with zero attached hydrogens (tertiary/aromatic N) is 2. The smallest absolute Gasteiger partial charge is 0.329 e. The Morgan fingerprint density at radius 2 is 1.90 bits per heavy atom. The van der Waals surface area contributed by atoms with Crippen LogP contribution in [0.1, 0.15) is 29.5 Å². The summed E-state index contributed by atoms with van der Waals surface area (Å²) < 4.78 is 14.7. The Morgan fingerprint density at radius 1 is 1.17 bits per heavy atom. The molecule has 0 aromatic heterocycles. The summed E-state index contributed by atoms with van der Waals surface area (Å²) in [5.74, 6) is -0.785. The molecular formula is C22H21ClFN3O2. The van der Waals surface area contributed by atoms with Crippen molar-refractivity contribution in [2.24, 2.45) is 0 Å². The minimum absolute atomic E-state index is 0.0723. The van der Waals surface area contributed by atoms with Gasteiger partial charge in [0, 0.05) is 18.1 Å². The summed E-state index contributed by atoms with van der Waals surface area (Å²) in [6.45, 7) is 3.64. The number of amides is 3. The maximum Gasteiger partial charge on any atom is 0.329 e. The van der Waals surface area contributed by atoms with E-state index in [2.05, 4.69) is 5.32 Å². The summed E-state index contributed by atoms with van der Waals surface area (Å²) in [4.78, 5) is 28.2. The number of imide groups is 1. The van der Waals surface area contributed by atoms with Crippen molar-refractivity contribution in [2.45, 2.75) is 26.3 Å². The van der Waals surface area contributed by atoms with E-state index in [0.717, 1.165) is 36.4 Å². The van der Waals surface area contributed by atoms with E-state index in [1.54, 1.807) is 30.3 Å². The monoisotopic (exact) mass is 413 g/mol. The third-order valence-electron chi connectivity index (χ3n) is 5.33. The maximum atomic E-state index is 14.7. The fourth-order valence-corrected chi connectivity index (χ4v) is 3.90. The predicted octanol–water partition coefficient (Wildman–Crippen LogP) is 4.48. The van der Waals surface area contributed by atoms with Crippen LogP contribution < -0.4 is 10.2 Å². The third kappa shape index (κ3) is 3.85. The molecule has 1 N–H and O–H groups in total. The molecule has 0 aliphatic carbocycles. The van der Waals surface area contributed by atoms with Crippen molar-refractivity contribution in [2.75, 3.05) is 18.0 Å². The zero-order valence-electron chi connectivity index (χ0n) is 16.0. The van der Waals surface area contributed by atoms with Crippen molar-refractivity contribution in [1.29, 1.82) is 0 Å². The third-order valence-corrected chi connectivity index (χ3v) is 5.70. The molecule has 7 heteroatoms. The highest BCUT2D eigenvalue weighted by atomic mass is 35.5. The number of carbonyl (C=O) groups is 2. The van der Waals surface area contributed by atoms with Gasteiger partial charge in [-0.2, -0.15) is 0 Å². The van der Waals surface area contributed by atoms with Gasteiger partial charge in [0.25, 0.3) is 5.91 Å². The van der Waals surface area contributed by atoms with Crippen LogP contribution in [0.2, 0.25) is 5.02 Å². The van der Waals surface area contributed by atoms with Crippen LogP contribution in [0.15, 0.2) is 42.1 Å². The lowest BCUT2D eigenvalue weighted by Gasteiger charge is -2.19. The summed E-state index contributed by atoms with van der Waals surface area (Å²) in [5, 5.41) is 3.07. The molecule has 5 nitrogen and oxygen atoms in total. The zero-order chi connectivity index (χ0) is 20.5. The Bertz CT molecular complexity index is 1020. The summed E-state index contributed by atoms with van der Waals surface area (Å²) in [5.41, 5.74) is 2.79. The largest absolute Gasteiger partial charge is 0.369 e. The minimum atomic E-state index is -0.520. The normalized spacial score (nSPS) is 18.1. The molecule has 2 aromatic rings. The van der Waals surface area contributed by atoms with Crippen LogP contribution in [0.3, 0.4) is 0 Å². The van der Waals surface area contributed by atoms with Crippen molar-refractivity contribution < 1.29 is 14.0 Å². The number of rotatable bonds is 4. The van der Waals surface area contributed by atoms with Crippen LogP contribution in [0, 0.1) is 12.7 Å². The second-order valence-corrected chi connectivity index (χ2v) is 7.73. The van der Waals surface area contributed by atoms with Gasteiger partial charge in [-0.25, -0.2) is 9.18 Å². The first-order chi connectivity index (χ1) is 13.9. The standard InChI is InChI=1S/C22H21ClFN3O2/c1-14-10-20(26-8-4-5-9-26)18(24)11-16(14)12-19-21(28)27(22(29)25-19)13-15-6-2-3-7-17(15)23/h2-3,6-7,10-12H,4-5,8-9,13H2,1H3,(H,25,29). The molecule has 2 heterocycles. The molecule has 4 rings (SSSR count). The number of aryl methyl sites for hydroxylation is 1. The Labute approximate surface area is 173 Å². The maximum absolute atomic E-state index is 14.7. The van der Waals surface area contributed by atoms with E-state index in [-0.39, 0.29) is 18.1 Å². The number of hydrogen-bond donors (Lipinski definition) is 1. The van der Waals surface area contributed by atoms with E-state index < -0.39 is 11.9 Å². The molecule has 2 saturated heterocycles.